The van der Waals surface area contributed by atoms with Gasteiger partial charge in [0.1, 0.15) is 0 Å². The molecule has 2 aliphatic rings. The van der Waals surface area contributed by atoms with Crippen molar-refractivity contribution >= 4 is 0 Å². The van der Waals surface area contributed by atoms with E-state index in [0.29, 0.717) is 5.41 Å². The minimum Gasteiger partial charge on any atom is -0.379 e. The van der Waals surface area contributed by atoms with Gasteiger partial charge in [0.2, 0.25) is 0 Å². The summed E-state index contributed by atoms with van der Waals surface area (Å²) in [5.74, 6) is 0. The highest BCUT2D eigenvalue weighted by Crippen LogP contribution is 2.38. The van der Waals surface area contributed by atoms with E-state index in [0.717, 1.165) is 52.5 Å². The lowest BCUT2D eigenvalue weighted by molar-refractivity contribution is 0.0376. The van der Waals surface area contributed by atoms with Crippen molar-refractivity contribution < 1.29 is 4.74 Å². The fraction of sp³-hybridized carbons (Fsp3) is 1.00. The third-order valence-electron chi connectivity index (χ3n) is 4.06. The van der Waals surface area contributed by atoms with Crippen LogP contribution < -0.4 is 11.1 Å². The predicted octanol–water partition coefficient (Wildman–Crippen LogP) is 0.0372. The van der Waals surface area contributed by atoms with Crippen LogP contribution in [0.5, 0.6) is 0 Å². The molecule has 0 aromatic rings. The SMILES string of the molecule is NCC1(CNCCN2CCOCC2)CCC1. The molecule has 0 aromatic carbocycles. The summed E-state index contributed by atoms with van der Waals surface area (Å²) in [7, 11) is 0. The van der Waals surface area contributed by atoms with Crippen molar-refractivity contribution in [3.63, 3.8) is 0 Å². The first-order chi connectivity index (χ1) is 7.85. The second kappa shape index (κ2) is 5.96. The molecule has 1 heterocycles. The van der Waals surface area contributed by atoms with Crippen molar-refractivity contribution in [3.05, 3.63) is 0 Å². The highest BCUT2D eigenvalue weighted by molar-refractivity contribution is 4.90. The average Bonchev–Trinajstić information content (AvgIpc) is 2.29. The number of ether oxygens (including phenoxy) is 1. The summed E-state index contributed by atoms with van der Waals surface area (Å²) in [6.07, 6.45) is 3.99. The van der Waals surface area contributed by atoms with E-state index in [2.05, 4.69) is 10.2 Å². The molecule has 1 saturated heterocycles. The zero-order valence-electron chi connectivity index (χ0n) is 10.2. The van der Waals surface area contributed by atoms with Crippen LogP contribution in [0.15, 0.2) is 0 Å². The molecule has 2 fully saturated rings. The maximum Gasteiger partial charge on any atom is 0.0594 e. The van der Waals surface area contributed by atoms with Gasteiger partial charge < -0.3 is 15.8 Å². The van der Waals surface area contributed by atoms with E-state index in [1.54, 1.807) is 0 Å². The molecule has 1 aliphatic heterocycles. The second-order valence-electron chi connectivity index (χ2n) is 5.19. The van der Waals surface area contributed by atoms with Crippen molar-refractivity contribution in [2.75, 3.05) is 52.5 Å². The normalized spacial score (nSPS) is 25.3. The number of nitrogens with two attached hydrogens (primary N) is 1. The van der Waals surface area contributed by atoms with Gasteiger partial charge in [-0.2, -0.15) is 0 Å². The molecule has 0 spiro atoms. The Morgan fingerprint density at radius 1 is 1.25 bits per heavy atom. The van der Waals surface area contributed by atoms with Gasteiger partial charge in [-0.05, 0) is 24.8 Å². The van der Waals surface area contributed by atoms with Crippen molar-refractivity contribution in [3.8, 4) is 0 Å². The van der Waals surface area contributed by atoms with Gasteiger partial charge in [0.15, 0.2) is 0 Å². The first kappa shape index (κ1) is 12.3. The van der Waals surface area contributed by atoms with E-state index in [1.165, 1.54) is 19.3 Å². The molecular formula is C12H25N3O. The molecule has 0 bridgehead atoms. The van der Waals surface area contributed by atoms with Gasteiger partial charge in [-0.25, -0.2) is 0 Å². The van der Waals surface area contributed by atoms with Gasteiger partial charge in [0.05, 0.1) is 13.2 Å². The largest absolute Gasteiger partial charge is 0.379 e. The summed E-state index contributed by atoms with van der Waals surface area (Å²) in [5.41, 5.74) is 6.26. The minimum atomic E-state index is 0.436. The molecule has 0 amide bonds. The Morgan fingerprint density at radius 3 is 2.56 bits per heavy atom. The monoisotopic (exact) mass is 227 g/mol. The van der Waals surface area contributed by atoms with Crippen LogP contribution in [-0.4, -0.2) is 57.4 Å². The highest BCUT2D eigenvalue weighted by Gasteiger charge is 2.34. The summed E-state index contributed by atoms with van der Waals surface area (Å²) in [5, 5.41) is 3.56. The van der Waals surface area contributed by atoms with Crippen LogP contribution in [0.3, 0.4) is 0 Å². The molecule has 4 nitrogen and oxygen atoms in total. The fourth-order valence-electron chi connectivity index (χ4n) is 2.55. The Morgan fingerprint density at radius 2 is 2.00 bits per heavy atom. The third kappa shape index (κ3) is 3.17. The molecule has 94 valence electrons. The number of hydrogen-bond acceptors (Lipinski definition) is 4. The van der Waals surface area contributed by atoms with Crippen LogP contribution in [0.25, 0.3) is 0 Å². The van der Waals surface area contributed by atoms with E-state index in [9.17, 15) is 0 Å². The molecule has 3 N–H and O–H groups in total. The third-order valence-corrected chi connectivity index (χ3v) is 4.06. The zero-order chi connectivity index (χ0) is 11.3. The minimum absolute atomic E-state index is 0.436. The van der Waals surface area contributed by atoms with Crippen LogP contribution in [0, 0.1) is 5.41 Å². The maximum absolute atomic E-state index is 5.83. The Hall–Kier alpha value is -0.160. The number of hydrogen-bond donors (Lipinski definition) is 2. The first-order valence-corrected chi connectivity index (χ1v) is 6.56. The summed E-state index contributed by atoms with van der Waals surface area (Å²) in [6, 6.07) is 0. The van der Waals surface area contributed by atoms with Crippen molar-refractivity contribution in [2.45, 2.75) is 19.3 Å². The van der Waals surface area contributed by atoms with Gasteiger partial charge in [-0.15, -0.1) is 0 Å². The van der Waals surface area contributed by atoms with E-state index in [1.807, 2.05) is 0 Å². The lowest BCUT2D eigenvalue weighted by Gasteiger charge is -2.41. The highest BCUT2D eigenvalue weighted by atomic mass is 16.5. The molecule has 0 atom stereocenters. The van der Waals surface area contributed by atoms with Gasteiger partial charge in [0.25, 0.3) is 0 Å². The molecule has 0 radical (unpaired) electrons. The number of nitrogens with zero attached hydrogens (tertiary/aromatic N) is 1. The molecule has 2 rings (SSSR count). The Balaban J connectivity index is 1.54. The van der Waals surface area contributed by atoms with Crippen molar-refractivity contribution in [1.29, 1.82) is 0 Å². The lowest BCUT2D eigenvalue weighted by atomic mass is 9.69. The van der Waals surface area contributed by atoms with Crippen LogP contribution >= 0.6 is 0 Å². The number of rotatable bonds is 6. The molecule has 0 aromatic heterocycles. The van der Waals surface area contributed by atoms with Crippen molar-refractivity contribution in [2.24, 2.45) is 11.1 Å². The van der Waals surface area contributed by atoms with Gasteiger partial charge in [-0.1, -0.05) is 6.42 Å². The van der Waals surface area contributed by atoms with Crippen LogP contribution in [-0.2, 0) is 4.74 Å². The summed E-state index contributed by atoms with van der Waals surface area (Å²) >= 11 is 0. The Bertz CT molecular complexity index is 195. The smallest absolute Gasteiger partial charge is 0.0594 e. The van der Waals surface area contributed by atoms with E-state index < -0.39 is 0 Å². The van der Waals surface area contributed by atoms with Gasteiger partial charge in [0, 0.05) is 32.7 Å². The molecule has 1 aliphatic carbocycles. The standard InChI is InChI=1S/C12H25N3O/c13-10-12(2-1-3-12)11-14-4-5-15-6-8-16-9-7-15/h14H,1-11,13H2. The summed E-state index contributed by atoms with van der Waals surface area (Å²) < 4.78 is 5.33. The molecule has 4 heteroatoms. The maximum atomic E-state index is 5.83. The van der Waals surface area contributed by atoms with E-state index in [4.69, 9.17) is 10.5 Å². The zero-order valence-corrected chi connectivity index (χ0v) is 10.2. The summed E-state index contributed by atoms with van der Waals surface area (Å²) in [4.78, 5) is 2.46. The van der Waals surface area contributed by atoms with Gasteiger partial charge in [-0.3, -0.25) is 4.90 Å². The Kier molecular flexibility index (Phi) is 4.58. The molecule has 0 unspecified atom stereocenters. The summed E-state index contributed by atoms with van der Waals surface area (Å²) in [6.45, 7) is 8.14. The molecule has 16 heavy (non-hydrogen) atoms. The first-order valence-electron chi connectivity index (χ1n) is 6.56. The van der Waals surface area contributed by atoms with Gasteiger partial charge >= 0.3 is 0 Å². The lowest BCUT2D eigenvalue weighted by Crippen LogP contribution is -2.47. The van der Waals surface area contributed by atoms with Crippen molar-refractivity contribution in [1.82, 2.24) is 10.2 Å². The van der Waals surface area contributed by atoms with Crippen LogP contribution in [0.2, 0.25) is 0 Å². The number of nitrogens with one attached hydrogen (secondary N) is 1. The van der Waals surface area contributed by atoms with E-state index >= 15 is 0 Å². The predicted molar refractivity (Wildman–Crippen MR) is 65.5 cm³/mol. The Labute approximate surface area is 98.5 Å². The van der Waals surface area contributed by atoms with Crippen LogP contribution in [0.1, 0.15) is 19.3 Å². The average molecular weight is 227 g/mol. The topological polar surface area (TPSA) is 50.5 Å². The second-order valence-corrected chi connectivity index (χ2v) is 5.19. The quantitative estimate of drug-likeness (QED) is 0.629. The van der Waals surface area contributed by atoms with Crippen LogP contribution in [0.4, 0.5) is 0 Å². The molecule has 1 saturated carbocycles. The molecular weight excluding hydrogens is 202 g/mol. The fourth-order valence-corrected chi connectivity index (χ4v) is 2.55. The number of morpholine rings is 1. The van der Waals surface area contributed by atoms with E-state index in [-0.39, 0.29) is 0 Å².